The molecule has 1 aliphatic rings. The highest BCUT2D eigenvalue weighted by Crippen LogP contribution is 2.21. The van der Waals surface area contributed by atoms with Crippen LogP contribution in [0.15, 0.2) is 40.8 Å². The summed E-state index contributed by atoms with van der Waals surface area (Å²) in [6.45, 7) is 1.41. The van der Waals surface area contributed by atoms with Crippen molar-refractivity contribution in [2.24, 2.45) is 5.10 Å². The number of benzene rings is 1. The molecule has 7 nitrogen and oxygen atoms in total. The van der Waals surface area contributed by atoms with Crippen LogP contribution in [0.2, 0.25) is 0 Å². The summed E-state index contributed by atoms with van der Waals surface area (Å²) >= 11 is 1.17. The summed E-state index contributed by atoms with van der Waals surface area (Å²) < 4.78 is 0. The second kappa shape index (κ2) is 6.71. The average molecular weight is 342 g/mol. The normalized spacial score (nSPS) is 14.3. The van der Waals surface area contributed by atoms with Crippen LogP contribution in [-0.4, -0.2) is 28.3 Å². The van der Waals surface area contributed by atoms with Crippen LogP contribution in [0.1, 0.15) is 30.3 Å². The van der Waals surface area contributed by atoms with Gasteiger partial charge in [-0.25, -0.2) is 9.99 Å². The molecule has 2 heterocycles. The predicted octanol–water partition coefficient (Wildman–Crippen LogP) is 2.47. The van der Waals surface area contributed by atoms with E-state index in [1.165, 1.54) is 23.3 Å². The van der Waals surface area contributed by atoms with Crippen molar-refractivity contribution in [3.8, 4) is 0 Å². The van der Waals surface area contributed by atoms with Gasteiger partial charge in [-0.3, -0.25) is 19.7 Å². The Bertz CT molecular complexity index is 829. The summed E-state index contributed by atoms with van der Waals surface area (Å²) in [5.74, 6) is -0.749. The highest BCUT2D eigenvalue weighted by Gasteiger charge is 2.26. The first-order valence-electron chi connectivity index (χ1n) is 7.28. The Morgan fingerprint density at radius 1 is 1.21 bits per heavy atom. The van der Waals surface area contributed by atoms with Gasteiger partial charge in [0.2, 0.25) is 5.91 Å². The molecule has 0 radical (unpaired) electrons. The Hall–Kier alpha value is -2.87. The van der Waals surface area contributed by atoms with E-state index in [0.29, 0.717) is 16.5 Å². The summed E-state index contributed by atoms with van der Waals surface area (Å²) in [6.07, 6.45) is 0.469. The zero-order valence-corrected chi connectivity index (χ0v) is 13.7. The summed E-state index contributed by atoms with van der Waals surface area (Å²) in [6, 6.07) is 8.94. The standard InChI is InChI=1S/C16H14N4O3S/c1-10(21)13-9-24-16(17-13)18-15(23)12-7-8-14(22)20(19-12)11-5-3-2-4-6-11/h2-6,9H,7-8H2,1H3,(H,17,18,23). The van der Waals surface area contributed by atoms with Crippen LogP contribution in [0, 0.1) is 0 Å². The van der Waals surface area contributed by atoms with Gasteiger partial charge in [0.25, 0.3) is 5.91 Å². The maximum Gasteiger partial charge on any atom is 0.273 e. The van der Waals surface area contributed by atoms with Gasteiger partial charge in [-0.1, -0.05) is 18.2 Å². The lowest BCUT2D eigenvalue weighted by atomic mass is 10.1. The SMILES string of the molecule is CC(=O)c1csc(NC(=O)C2=NN(c3ccccc3)C(=O)CC2)n1. The summed E-state index contributed by atoms with van der Waals surface area (Å²) in [7, 11) is 0. The maximum absolute atomic E-state index is 12.3. The molecule has 8 heteroatoms. The average Bonchev–Trinajstić information content (AvgIpc) is 3.05. The van der Waals surface area contributed by atoms with E-state index in [1.807, 2.05) is 6.07 Å². The molecular weight excluding hydrogens is 328 g/mol. The van der Waals surface area contributed by atoms with Gasteiger partial charge in [-0.05, 0) is 12.1 Å². The Balaban J connectivity index is 1.78. The van der Waals surface area contributed by atoms with Crippen LogP contribution in [0.5, 0.6) is 0 Å². The van der Waals surface area contributed by atoms with Crippen molar-refractivity contribution < 1.29 is 14.4 Å². The van der Waals surface area contributed by atoms with Gasteiger partial charge in [0.15, 0.2) is 10.9 Å². The van der Waals surface area contributed by atoms with E-state index < -0.39 is 5.91 Å². The zero-order chi connectivity index (χ0) is 17.1. The van der Waals surface area contributed by atoms with Crippen molar-refractivity contribution in [2.75, 3.05) is 10.3 Å². The molecule has 1 N–H and O–H groups in total. The number of anilines is 2. The van der Waals surface area contributed by atoms with E-state index in [0.717, 1.165) is 0 Å². The van der Waals surface area contributed by atoms with Crippen LogP contribution in [0.4, 0.5) is 10.8 Å². The molecule has 0 atom stereocenters. The first kappa shape index (κ1) is 16.0. The number of carbonyl (C=O) groups is 3. The maximum atomic E-state index is 12.3. The largest absolute Gasteiger partial charge is 0.297 e. The Kier molecular flexibility index (Phi) is 4.48. The minimum Gasteiger partial charge on any atom is -0.297 e. The lowest BCUT2D eigenvalue weighted by Crippen LogP contribution is -2.36. The van der Waals surface area contributed by atoms with Gasteiger partial charge in [-0.15, -0.1) is 11.3 Å². The van der Waals surface area contributed by atoms with Crippen molar-refractivity contribution in [3.63, 3.8) is 0 Å². The number of hydrogen-bond acceptors (Lipinski definition) is 6. The molecule has 1 aromatic carbocycles. The number of ketones is 1. The van der Waals surface area contributed by atoms with Crippen molar-refractivity contribution in [2.45, 2.75) is 19.8 Å². The number of nitrogens with one attached hydrogen (secondary N) is 1. The van der Waals surface area contributed by atoms with E-state index in [-0.39, 0.29) is 30.2 Å². The summed E-state index contributed by atoms with van der Waals surface area (Å²) in [5, 5.41) is 9.94. The van der Waals surface area contributed by atoms with Gasteiger partial charge in [-0.2, -0.15) is 5.10 Å². The molecule has 0 saturated carbocycles. The highest BCUT2D eigenvalue weighted by atomic mass is 32.1. The molecule has 3 rings (SSSR count). The monoisotopic (exact) mass is 342 g/mol. The number of hydrogen-bond donors (Lipinski definition) is 1. The number of aromatic nitrogens is 1. The Morgan fingerprint density at radius 2 is 1.96 bits per heavy atom. The first-order chi connectivity index (χ1) is 11.5. The molecule has 24 heavy (non-hydrogen) atoms. The van der Waals surface area contributed by atoms with Crippen molar-refractivity contribution in [3.05, 3.63) is 41.4 Å². The molecule has 0 bridgehead atoms. The zero-order valence-electron chi connectivity index (χ0n) is 12.9. The summed E-state index contributed by atoms with van der Waals surface area (Å²) in [5.41, 5.74) is 1.17. The fraction of sp³-hybridized carbons (Fsp3) is 0.188. The number of hydrazone groups is 1. The molecule has 0 spiro atoms. The van der Waals surface area contributed by atoms with Crippen molar-refractivity contribution >= 4 is 45.5 Å². The Morgan fingerprint density at radius 3 is 2.62 bits per heavy atom. The van der Waals surface area contributed by atoms with E-state index in [1.54, 1.807) is 29.6 Å². The van der Waals surface area contributed by atoms with Crippen LogP contribution < -0.4 is 10.3 Å². The second-order valence-corrected chi connectivity index (χ2v) is 5.99. The van der Waals surface area contributed by atoms with Crippen LogP contribution in [0.25, 0.3) is 0 Å². The number of amides is 2. The van der Waals surface area contributed by atoms with Gasteiger partial charge in [0.05, 0.1) is 5.69 Å². The topological polar surface area (TPSA) is 91.7 Å². The molecule has 0 unspecified atom stereocenters. The quantitative estimate of drug-likeness (QED) is 0.864. The number of Topliss-reactive ketones (excluding diaryl/α,β-unsaturated/α-hetero) is 1. The molecular formula is C16H14N4O3S. The van der Waals surface area contributed by atoms with Crippen LogP contribution in [-0.2, 0) is 9.59 Å². The fourth-order valence-electron chi connectivity index (χ4n) is 2.15. The third kappa shape index (κ3) is 3.38. The minimum absolute atomic E-state index is 0.161. The molecule has 2 aromatic rings. The summed E-state index contributed by atoms with van der Waals surface area (Å²) in [4.78, 5) is 39.7. The number of thiazole rings is 1. The van der Waals surface area contributed by atoms with E-state index in [4.69, 9.17) is 0 Å². The molecule has 1 aliphatic heterocycles. The number of nitrogens with zero attached hydrogens (tertiary/aromatic N) is 3. The molecule has 0 saturated heterocycles. The molecule has 0 aliphatic carbocycles. The minimum atomic E-state index is -0.423. The van der Waals surface area contributed by atoms with Gasteiger partial charge >= 0.3 is 0 Å². The van der Waals surface area contributed by atoms with E-state index in [9.17, 15) is 14.4 Å². The lowest BCUT2D eigenvalue weighted by molar-refractivity contribution is -0.118. The number of carbonyl (C=O) groups excluding carboxylic acids is 3. The predicted molar refractivity (Wildman–Crippen MR) is 91.3 cm³/mol. The van der Waals surface area contributed by atoms with Gasteiger partial charge in [0.1, 0.15) is 11.4 Å². The molecule has 1 aromatic heterocycles. The fourth-order valence-corrected chi connectivity index (χ4v) is 2.89. The van der Waals surface area contributed by atoms with Crippen molar-refractivity contribution in [1.29, 1.82) is 0 Å². The number of rotatable bonds is 4. The third-order valence-electron chi connectivity index (χ3n) is 3.38. The first-order valence-corrected chi connectivity index (χ1v) is 8.16. The van der Waals surface area contributed by atoms with E-state index in [2.05, 4.69) is 15.4 Å². The molecule has 0 fully saturated rings. The highest BCUT2D eigenvalue weighted by molar-refractivity contribution is 7.14. The number of para-hydroxylation sites is 1. The van der Waals surface area contributed by atoms with Crippen LogP contribution >= 0.6 is 11.3 Å². The van der Waals surface area contributed by atoms with Gasteiger partial charge < -0.3 is 0 Å². The van der Waals surface area contributed by atoms with Gasteiger partial charge in [0, 0.05) is 25.1 Å². The smallest absolute Gasteiger partial charge is 0.273 e. The second-order valence-electron chi connectivity index (χ2n) is 5.14. The van der Waals surface area contributed by atoms with Crippen LogP contribution in [0.3, 0.4) is 0 Å². The van der Waals surface area contributed by atoms with E-state index >= 15 is 0 Å². The molecule has 122 valence electrons. The lowest BCUT2D eigenvalue weighted by Gasteiger charge is -2.22. The third-order valence-corrected chi connectivity index (χ3v) is 4.14. The molecule has 2 amide bonds. The Labute approximate surface area is 142 Å². The van der Waals surface area contributed by atoms with Crippen molar-refractivity contribution in [1.82, 2.24) is 4.98 Å².